The van der Waals surface area contributed by atoms with Crippen molar-refractivity contribution in [2.45, 2.75) is 13.5 Å². The highest BCUT2D eigenvalue weighted by molar-refractivity contribution is 6.31. The zero-order valence-corrected chi connectivity index (χ0v) is 19.6. The maximum Gasteiger partial charge on any atom is 0.341 e. The number of anilines is 2. The molecule has 0 unspecified atom stereocenters. The van der Waals surface area contributed by atoms with E-state index in [0.717, 1.165) is 0 Å². The molecule has 0 atom stereocenters. The number of pyridine rings is 1. The second-order valence-electron chi connectivity index (χ2n) is 7.50. The third kappa shape index (κ3) is 6.58. The standard InChI is InChI=1S/C25H24ClN5O4/c1-3-15-10-14(2)30-21(23(15)35-13-22(32)33)12-29-20-9-6-17(26)11-19(20)25(34)31-18-7-4-16(5-8-18)24(27)28/h3-11,29H,1,12-13H2,2H3,(H3,27,28)(H,31,34)(H,32,33). The Morgan fingerprint density at radius 2 is 1.94 bits per heavy atom. The average molecular weight is 494 g/mol. The van der Waals surface area contributed by atoms with Crippen molar-refractivity contribution in [2.24, 2.45) is 5.73 Å². The first kappa shape index (κ1) is 25.3. The molecule has 1 aromatic heterocycles. The fourth-order valence-electron chi connectivity index (χ4n) is 3.29. The van der Waals surface area contributed by atoms with Crippen LogP contribution in [0.1, 0.15) is 32.9 Å². The Bertz CT molecular complexity index is 1290. The normalized spacial score (nSPS) is 10.3. The summed E-state index contributed by atoms with van der Waals surface area (Å²) in [4.78, 5) is 28.5. The number of rotatable bonds is 10. The van der Waals surface area contributed by atoms with Crippen LogP contribution in [0.15, 0.2) is 55.1 Å². The molecule has 1 amide bonds. The number of nitrogens with two attached hydrogens (primary N) is 1. The molecule has 9 nitrogen and oxygen atoms in total. The Kier molecular flexibility index (Phi) is 8.06. The van der Waals surface area contributed by atoms with Crippen molar-refractivity contribution in [1.82, 2.24) is 4.98 Å². The van der Waals surface area contributed by atoms with Crippen molar-refractivity contribution in [2.75, 3.05) is 17.2 Å². The molecule has 35 heavy (non-hydrogen) atoms. The van der Waals surface area contributed by atoms with Crippen LogP contribution in [-0.2, 0) is 11.3 Å². The predicted octanol–water partition coefficient (Wildman–Crippen LogP) is 4.30. The van der Waals surface area contributed by atoms with Crippen molar-refractivity contribution in [3.8, 4) is 5.75 Å². The minimum Gasteiger partial charge on any atom is -0.479 e. The fourth-order valence-corrected chi connectivity index (χ4v) is 3.47. The van der Waals surface area contributed by atoms with E-state index in [0.29, 0.717) is 44.7 Å². The number of nitrogen functional groups attached to an aromatic ring is 1. The molecule has 2 aromatic carbocycles. The molecule has 0 bridgehead atoms. The first-order chi connectivity index (χ1) is 16.7. The van der Waals surface area contributed by atoms with Crippen LogP contribution in [0.5, 0.6) is 5.75 Å². The van der Waals surface area contributed by atoms with Gasteiger partial charge in [-0.2, -0.15) is 0 Å². The molecule has 0 aliphatic heterocycles. The van der Waals surface area contributed by atoms with Gasteiger partial charge >= 0.3 is 5.97 Å². The van der Waals surface area contributed by atoms with Crippen LogP contribution in [0.4, 0.5) is 11.4 Å². The highest BCUT2D eigenvalue weighted by Gasteiger charge is 2.16. The third-order valence-electron chi connectivity index (χ3n) is 4.89. The van der Waals surface area contributed by atoms with E-state index in [-0.39, 0.29) is 17.9 Å². The van der Waals surface area contributed by atoms with Crippen LogP contribution in [-0.4, -0.2) is 34.4 Å². The monoisotopic (exact) mass is 493 g/mol. The largest absolute Gasteiger partial charge is 0.479 e. The van der Waals surface area contributed by atoms with Gasteiger partial charge in [0.25, 0.3) is 5.91 Å². The van der Waals surface area contributed by atoms with Gasteiger partial charge in [0, 0.05) is 33.2 Å². The lowest BCUT2D eigenvalue weighted by Crippen LogP contribution is -2.17. The minimum atomic E-state index is -1.12. The topological polar surface area (TPSA) is 150 Å². The van der Waals surface area contributed by atoms with Gasteiger partial charge in [0.05, 0.1) is 12.1 Å². The summed E-state index contributed by atoms with van der Waals surface area (Å²) >= 11 is 6.15. The third-order valence-corrected chi connectivity index (χ3v) is 5.12. The van der Waals surface area contributed by atoms with Gasteiger partial charge in [0.15, 0.2) is 12.4 Å². The number of nitrogens with zero attached hydrogens (tertiary/aromatic N) is 1. The number of benzene rings is 2. The van der Waals surface area contributed by atoms with Gasteiger partial charge in [-0.1, -0.05) is 24.3 Å². The van der Waals surface area contributed by atoms with E-state index in [9.17, 15) is 9.59 Å². The Morgan fingerprint density at radius 3 is 2.57 bits per heavy atom. The molecular weight excluding hydrogens is 470 g/mol. The smallest absolute Gasteiger partial charge is 0.341 e. The number of amides is 1. The maximum atomic E-state index is 13.0. The Morgan fingerprint density at radius 1 is 1.23 bits per heavy atom. The van der Waals surface area contributed by atoms with Crippen molar-refractivity contribution < 1.29 is 19.4 Å². The zero-order valence-electron chi connectivity index (χ0n) is 18.9. The van der Waals surface area contributed by atoms with Crippen molar-refractivity contribution in [3.63, 3.8) is 0 Å². The molecule has 6 N–H and O–H groups in total. The number of carbonyl (C=O) groups is 2. The number of amidine groups is 1. The Hall–Kier alpha value is -4.37. The van der Waals surface area contributed by atoms with E-state index in [1.807, 2.05) is 0 Å². The first-order valence-corrected chi connectivity index (χ1v) is 10.8. The van der Waals surface area contributed by atoms with Crippen LogP contribution in [0, 0.1) is 12.3 Å². The molecule has 0 aliphatic carbocycles. The van der Waals surface area contributed by atoms with Gasteiger partial charge in [0.1, 0.15) is 11.5 Å². The van der Waals surface area contributed by atoms with E-state index < -0.39 is 18.5 Å². The quantitative estimate of drug-likeness (QED) is 0.208. The number of halogens is 1. The number of carboxylic acid groups (broad SMARTS) is 1. The van der Waals surface area contributed by atoms with Crippen molar-refractivity contribution in [3.05, 3.63) is 88.2 Å². The number of carboxylic acids is 1. The van der Waals surface area contributed by atoms with Gasteiger partial charge in [0.2, 0.25) is 0 Å². The Labute approximate surface area is 207 Å². The number of aliphatic carboxylic acids is 1. The summed E-state index contributed by atoms with van der Waals surface area (Å²) in [6.07, 6.45) is 1.56. The highest BCUT2D eigenvalue weighted by Crippen LogP contribution is 2.28. The van der Waals surface area contributed by atoms with Gasteiger partial charge in [-0.15, -0.1) is 0 Å². The molecule has 0 aliphatic rings. The summed E-state index contributed by atoms with van der Waals surface area (Å²) in [7, 11) is 0. The van der Waals surface area contributed by atoms with Gasteiger partial charge in [-0.25, -0.2) is 4.79 Å². The molecular formula is C25H24ClN5O4. The molecule has 180 valence electrons. The maximum absolute atomic E-state index is 13.0. The summed E-state index contributed by atoms with van der Waals surface area (Å²) in [5.74, 6) is -1.30. The van der Waals surface area contributed by atoms with E-state index in [4.69, 9.17) is 32.6 Å². The van der Waals surface area contributed by atoms with Crippen LogP contribution in [0.2, 0.25) is 5.02 Å². The molecule has 0 radical (unpaired) electrons. The molecule has 0 saturated carbocycles. The molecule has 10 heteroatoms. The number of nitrogens with one attached hydrogen (secondary N) is 3. The number of aryl methyl sites for hydroxylation is 1. The average Bonchev–Trinajstić information content (AvgIpc) is 2.82. The van der Waals surface area contributed by atoms with Crippen LogP contribution in [0.25, 0.3) is 6.08 Å². The molecule has 0 fully saturated rings. The number of aromatic nitrogens is 1. The minimum absolute atomic E-state index is 0.0692. The van der Waals surface area contributed by atoms with Gasteiger partial charge in [-0.3, -0.25) is 15.2 Å². The summed E-state index contributed by atoms with van der Waals surface area (Å²) in [5.41, 5.74) is 9.07. The number of hydrogen-bond acceptors (Lipinski definition) is 6. The van der Waals surface area contributed by atoms with Crippen LogP contribution < -0.4 is 21.1 Å². The number of carbonyl (C=O) groups excluding carboxylic acids is 1. The molecule has 1 heterocycles. The lowest BCUT2D eigenvalue weighted by Gasteiger charge is -2.16. The van der Waals surface area contributed by atoms with Gasteiger partial charge < -0.3 is 26.2 Å². The molecule has 0 saturated heterocycles. The second kappa shape index (κ2) is 11.2. The van der Waals surface area contributed by atoms with Crippen molar-refractivity contribution >= 4 is 46.8 Å². The summed E-state index contributed by atoms with van der Waals surface area (Å²) in [6.45, 7) is 5.17. The van der Waals surface area contributed by atoms with E-state index in [1.165, 1.54) is 6.07 Å². The predicted molar refractivity (Wildman–Crippen MR) is 136 cm³/mol. The van der Waals surface area contributed by atoms with Crippen LogP contribution in [0.3, 0.4) is 0 Å². The molecule has 3 rings (SSSR count). The fraction of sp³-hybridized carbons (Fsp3) is 0.120. The Balaban J connectivity index is 1.85. The van der Waals surface area contributed by atoms with E-state index in [1.54, 1.807) is 55.5 Å². The molecule has 0 spiro atoms. The number of ether oxygens (including phenoxy) is 1. The van der Waals surface area contributed by atoms with Crippen LogP contribution >= 0.6 is 11.6 Å². The number of hydrogen-bond donors (Lipinski definition) is 5. The highest BCUT2D eigenvalue weighted by atomic mass is 35.5. The summed E-state index contributed by atoms with van der Waals surface area (Å²) < 4.78 is 5.47. The summed E-state index contributed by atoms with van der Waals surface area (Å²) in [6, 6.07) is 13.1. The van der Waals surface area contributed by atoms with E-state index in [2.05, 4.69) is 22.2 Å². The second-order valence-corrected chi connectivity index (χ2v) is 7.94. The van der Waals surface area contributed by atoms with Gasteiger partial charge in [-0.05, 0) is 55.5 Å². The lowest BCUT2D eigenvalue weighted by atomic mass is 10.1. The lowest BCUT2D eigenvalue weighted by molar-refractivity contribution is -0.139. The summed E-state index contributed by atoms with van der Waals surface area (Å²) in [5, 5.41) is 22.8. The SMILES string of the molecule is C=Cc1cc(C)nc(CNc2ccc(Cl)cc2C(=O)Nc2ccc(C(=N)N)cc2)c1OCC(=O)O. The zero-order chi connectivity index (χ0) is 25.5. The van der Waals surface area contributed by atoms with E-state index >= 15 is 0 Å². The first-order valence-electron chi connectivity index (χ1n) is 10.4. The van der Waals surface area contributed by atoms with Crippen molar-refractivity contribution in [1.29, 1.82) is 5.41 Å². The molecule has 3 aromatic rings.